The lowest BCUT2D eigenvalue weighted by atomic mass is 10.1. The van der Waals surface area contributed by atoms with Crippen LogP contribution in [0.1, 0.15) is 16.1 Å². The number of aromatic nitrogens is 5. The number of fused-ring (bicyclic) bond motifs is 1. The molecule has 5 rings (SSSR count). The van der Waals surface area contributed by atoms with E-state index in [0.29, 0.717) is 23.6 Å². The van der Waals surface area contributed by atoms with Gasteiger partial charge in [-0.3, -0.25) is 9.89 Å². The van der Waals surface area contributed by atoms with Crippen molar-refractivity contribution in [3.8, 4) is 11.3 Å². The lowest BCUT2D eigenvalue weighted by Gasteiger charge is -2.10. The zero-order chi connectivity index (χ0) is 20.3. The van der Waals surface area contributed by atoms with E-state index in [4.69, 9.17) is 0 Å². The molecule has 0 aliphatic heterocycles. The van der Waals surface area contributed by atoms with Crippen molar-refractivity contribution in [1.82, 2.24) is 25.2 Å². The average Bonchev–Trinajstić information content (AvgIpc) is 3.41. The molecule has 1 amide bonds. The second kappa shape index (κ2) is 7.63. The van der Waals surface area contributed by atoms with E-state index >= 15 is 0 Å². The zero-order valence-electron chi connectivity index (χ0n) is 16.0. The minimum Gasteiger partial charge on any atom is -0.321 e. The molecule has 0 bridgehead atoms. The van der Waals surface area contributed by atoms with Crippen LogP contribution in [0.3, 0.4) is 0 Å². The van der Waals surface area contributed by atoms with E-state index < -0.39 is 0 Å². The van der Waals surface area contributed by atoms with E-state index in [-0.39, 0.29) is 5.91 Å². The Balaban J connectivity index is 1.58. The number of anilines is 1. The molecule has 146 valence electrons. The highest BCUT2D eigenvalue weighted by atomic mass is 16.2. The molecule has 0 atom stereocenters. The lowest BCUT2D eigenvalue weighted by Crippen LogP contribution is -2.19. The van der Waals surface area contributed by atoms with Crippen molar-refractivity contribution < 1.29 is 4.79 Å². The first-order valence-electron chi connectivity index (χ1n) is 9.55. The van der Waals surface area contributed by atoms with E-state index in [1.54, 1.807) is 10.9 Å². The molecule has 0 fully saturated rings. The third-order valence-electron chi connectivity index (χ3n) is 4.87. The third kappa shape index (κ3) is 3.44. The SMILES string of the molecule is O=C(Nc1ccccc1)c1c(-c2ccc3[nH]ncc3c2)nnn1Cc1ccccc1. The minimum atomic E-state index is -0.260. The fraction of sp³-hybridized carbons (Fsp3) is 0.0435. The molecule has 3 aromatic carbocycles. The summed E-state index contributed by atoms with van der Waals surface area (Å²) in [5.74, 6) is -0.260. The first kappa shape index (κ1) is 17.8. The van der Waals surface area contributed by atoms with E-state index in [0.717, 1.165) is 22.0 Å². The van der Waals surface area contributed by atoms with Gasteiger partial charge in [-0.1, -0.05) is 59.8 Å². The van der Waals surface area contributed by atoms with Crippen molar-refractivity contribution in [3.63, 3.8) is 0 Å². The Labute approximate surface area is 172 Å². The molecule has 5 aromatic rings. The second-order valence-corrected chi connectivity index (χ2v) is 6.92. The Bertz CT molecular complexity index is 1310. The fourth-order valence-corrected chi connectivity index (χ4v) is 3.40. The van der Waals surface area contributed by atoms with E-state index in [1.165, 1.54) is 0 Å². The number of hydrogen-bond acceptors (Lipinski definition) is 4. The number of para-hydroxylation sites is 1. The summed E-state index contributed by atoms with van der Waals surface area (Å²) in [4.78, 5) is 13.3. The Morgan fingerprint density at radius 1 is 0.967 bits per heavy atom. The van der Waals surface area contributed by atoms with Gasteiger partial charge in [0.1, 0.15) is 5.69 Å². The first-order valence-corrected chi connectivity index (χ1v) is 9.55. The molecular weight excluding hydrogens is 376 g/mol. The van der Waals surface area contributed by atoms with Crippen molar-refractivity contribution in [1.29, 1.82) is 0 Å². The highest BCUT2D eigenvalue weighted by molar-refractivity contribution is 6.07. The van der Waals surface area contributed by atoms with Crippen molar-refractivity contribution >= 4 is 22.5 Å². The van der Waals surface area contributed by atoms with Crippen LogP contribution in [0, 0.1) is 0 Å². The fourth-order valence-electron chi connectivity index (χ4n) is 3.40. The monoisotopic (exact) mass is 394 g/mol. The Morgan fingerprint density at radius 3 is 2.53 bits per heavy atom. The van der Waals surface area contributed by atoms with E-state index in [1.807, 2.05) is 78.9 Å². The van der Waals surface area contributed by atoms with Crippen LogP contribution in [0.2, 0.25) is 0 Å². The predicted octanol–water partition coefficient (Wildman–Crippen LogP) is 4.12. The third-order valence-corrected chi connectivity index (χ3v) is 4.87. The summed E-state index contributed by atoms with van der Waals surface area (Å²) < 4.78 is 1.64. The van der Waals surface area contributed by atoms with E-state index in [9.17, 15) is 4.79 Å². The van der Waals surface area contributed by atoms with Gasteiger partial charge in [-0.25, -0.2) is 4.68 Å². The maximum atomic E-state index is 13.3. The first-order chi connectivity index (χ1) is 14.8. The number of benzene rings is 3. The molecule has 30 heavy (non-hydrogen) atoms. The Morgan fingerprint density at radius 2 is 1.73 bits per heavy atom. The summed E-state index contributed by atoms with van der Waals surface area (Å²) in [6, 6.07) is 25.0. The summed E-state index contributed by atoms with van der Waals surface area (Å²) >= 11 is 0. The molecule has 0 spiro atoms. The molecule has 0 saturated carbocycles. The number of H-pyrrole nitrogens is 1. The summed E-state index contributed by atoms with van der Waals surface area (Å²) in [5.41, 5.74) is 4.42. The van der Waals surface area contributed by atoms with Gasteiger partial charge in [0.15, 0.2) is 5.69 Å². The normalized spacial score (nSPS) is 10.9. The van der Waals surface area contributed by atoms with Gasteiger partial charge in [-0.15, -0.1) is 5.10 Å². The summed E-state index contributed by atoms with van der Waals surface area (Å²) in [6.45, 7) is 0.444. The minimum absolute atomic E-state index is 0.260. The van der Waals surface area contributed by atoms with Gasteiger partial charge in [0, 0.05) is 16.6 Å². The average molecular weight is 394 g/mol. The molecule has 2 N–H and O–H groups in total. The van der Waals surface area contributed by atoms with Gasteiger partial charge in [-0.05, 0) is 29.8 Å². The van der Waals surface area contributed by atoms with Crippen LogP contribution in [0.5, 0.6) is 0 Å². The molecule has 2 aromatic heterocycles. The second-order valence-electron chi connectivity index (χ2n) is 6.92. The zero-order valence-corrected chi connectivity index (χ0v) is 16.0. The van der Waals surface area contributed by atoms with Crippen LogP contribution in [0.15, 0.2) is 85.1 Å². The molecule has 0 aliphatic carbocycles. The number of rotatable bonds is 5. The Hall–Kier alpha value is -4.26. The van der Waals surface area contributed by atoms with Crippen LogP contribution < -0.4 is 5.32 Å². The van der Waals surface area contributed by atoms with Crippen LogP contribution in [-0.2, 0) is 6.54 Å². The van der Waals surface area contributed by atoms with Crippen LogP contribution >= 0.6 is 0 Å². The van der Waals surface area contributed by atoms with Gasteiger partial charge >= 0.3 is 0 Å². The van der Waals surface area contributed by atoms with Crippen molar-refractivity contribution in [3.05, 3.63) is 96.3 Å². The molecular formula is C23H18N6O. The maximum Gasteiger partial charge on any atom is 0.276 e. The number of amides is 1. The number of carbonyl (C=O) groups excluding carboxylic acids is 1. The highest BCUT2D eigenvalue weighted by Crippen LogP contribution is 2.26. The van der Waals surface area contributed by atoms with E-state index in [2.05, 4.69) is 25.8 Å². The van der Waals surface area contributed by atoms with Crippen molar-refractivity contribution in [2.45, 2.75) is 6.54 Å². The topological polar surface area (TPSA) is 88.5 Å². The lowest BCUT2D eigenvalue weighted by molar-refractivity contribution is 0.101. The summed E-state index contributed by atoms with van der Waals surface area (Å²) in [5, 5.41) is 19.6. The molecule has 0 saturated heterocycles. The van der Waals surface area contributed by atoms with Crippen molar-refractivity contribution in [2.24, 2.45) is 0 Å². The number of hydrogen-bond donors (Lipinski definition) is 2. The smallest absolute Gasteiger partial charge is 0.276 e. The van der Waals surface area contributed by atoms with Gasteiger partial charge in [0.05, 0.1) is 18.3 Å². The molecule has 0 unspecified atom stereocenters. The molecule has 0 radical (unpaired) electrons. The van der Waals surface area contributed by atoms with Crippen LogP contribution in [0.4, 0.5) is 5.69 Å². The number of nitrogens with zero attached hydrogens (tertiary/aromatic N) is 4. The van der Waals surface area contributed by atoms with Crippen LogP contribution in [0.25, 0.3) is 22.2 Å². The molecule has 0 aliphatic rings. The van der Waals surface area contributed by atoms with Gasteiger partial charge in [-0.2, -0.15) is 5.10 Å². The quantitative estimate of drug-likeness (QED) is 0.469. The molecule has 2 heterocycles. The molecule has 7 heteroatoms. The largest absolute Gasteiger partial charge is 0.321 e. The maximum absolute atomic E-state index is 13.3. The number of aromatic amines is 1. The van der Waals surface area contributed by atoms with Gasteiger partial charge in [0.2, 0.25) is 0 Å². The predicted molar refractivity (Wildman–Crippen MR) is 115 cm³/mol. The van der Waals surface area contributed by atoms with Gasteiger partial charge in [0.25, 0.3) is 5.91 Å². The number of carbonyl (C=O) groups is 1. The highest BCUT2D eigenvalue weighted by Gasteiger charge is 2.22. The Kier molecular flexibility index (Phi) is 4.53. The van der Waals surface area contributed by atoms with Crippen LogP contribution in [-0.4, -0.2) is 31.1 Å². The summed E-state index contributed by atoms with van der Waals surface area (Å²) in [6.07, 6.45) is 1.75. The molecule has 7 nitrogen and oxygen atoms in total. The summed E-state index contributed by atoms with van der Waals surface area (Å²) in [7, 11) is 0. The number of nitrogens with one attached hydrogen (secondary N) is 2. The van der Waals surface area contributed by atoms with Gasteiger partial charge < -0.3 is 5.32 Å². The standard InChI is InChI=1S/C23H18N6O/c30-23(25-19-9-5-2-6-10-19)22-21(17-11-12-20-18(13-17)14-24-26-20)27-28-29(22)15-16-7-3-1-4-8-16/h1-14H,15H2,(H,24,26)(H,25,30). The van der Waals surface area contributed by atoms with Crippen molar-refractivity contribution in [2.75, 3.05) is 5.32 Å².